The lowest BCUT2D eigenvalue weighted by Gasteiger charge is -2.42. The fraction of sp³-hybridized carbons (Fsp3) is 0.657. The molecule has 1 atom stereocenters. The normalized spacial score (nSPS) is 25.3. The first-order chi connectivity index (χ1) is 22.3. The second-order valence-electron chi connectivity index (χ2n) is 14.2. The molecule has 3 aliphatic heterocycles. The molecule has 2 N–H and O–H groups in total. The number of amides is 2. The van der Waals surface area contributed by atoms with Crippen LogP contribution in [0, 0.1) is 5.92 Å². The van der Waals surface area contributed by atoms with Crippen molar-refractivity contribution in [3.05, 3.63) is 29.5 Å². The number of ether oxygens (including phenoxy) is 1. The van der Waals surface area contributed by atoms with E-state index in [4.69, 9.17) is 9.72 Å². The molecule has 3 fully saturated rings. The Bertz CT molecular complexity index is 1450. The maximum absolute atomic E-state index is 13.6. The molecule has 0 spiro atoms. The van der Waals surface area contributed by atoms with Gasteiger partial charge in [-0.15, -0.1) is 0 Å². The van der Waals surface area contributed by atoms with Crippen LogP contribution in [0.15, 0.2) is 18.3 Å². The summed E-state index contributed by atoms with van der Waals surface area (Å²) in [6.07, 6.45) is 10.3. The molecule has 5 aliphatic rings. The lowest BCUT2D eigenvalue weighted by molar-refractivity contribution is -0.120. The summed E-state index contributed by atoms with van der Waals surface area (Å²) in [5, 5.41) is 6.71. The lowest BCUT2D eigenvalue weighted by atomic mass is 9.89. The summed E-state index contributed by atoms with van der Waals surface area (Å²) in [5.41, 5.74) is 3.06. The smallest absolute Gasteiger partial charge is 0.251 e. The first-order valence-electron chi connectivity index (χ1n) is 17.6. The van der Waals surface area contributed by atoms with Gasteiger partial charge in [-0.25, -0.2) is 4.98 Å². The summed E-state index contributed by atoms with van der Waals surface area (Å²) in [7, 11) is 1.78. The van der Waals surface area contributed by atoms with E-state index in [1.54, 1.807) is 18.1 Å². The predicted octanol–water partition coefficient (Wildman–Crippen LogP) is 4.19. The minimum atomic E-state index is -0.270. The van der Waals surface area contributed by atoms with Crippen molar-refractivity contribution < 1.29 is 14.3 Å². The van der Waals surface area contributed by atoms with Gasteiger partial charge in [0, 0.05) is 75.4 Å². The van der Waals surface area contributed by atoms with Gasteiger partial charge in [0.25, 0.3) is 5.91 Å². The number of anilines is 4. The van der Waals surface area contributed by atoms with Crippen LogP contribution < -0.4 is 25.2 Å². The van der Waals surface area contributed by atoms with E-state index in [1.165, 1.54) is 45.6 Å². The summed E-state index contributed by atoms with van der Waals surface area (Å²) in [5.74, 6) is 2.87. The molecule has 2 aromatic rings. The third-order valence-corrected chi connectivity index (χ3v) is 10.8. The standard InChI is InChI=1S/C35H50N8O3/c1-5-29-34(45)40(4)30-20-36-35(39-32(30)43(29)22(2)3)38-28-13-12-27(26-14-19-46-31(26)28)33(44)37-24-8-10-25(11-9-24)42-17-15-41(16-18-42)21-23-6-7-23/h12-13,20,22-25,29H,5-11,14-19,21H2,1-4H3,(H,37,44)(H,36,38,39). The van der Waals surface area contributed by atoms with E-state index in [9.17, 15) is 9.59 Å². The quantitative estimate of drug-likeness (QED) is 0.422. The lowest BCUT2D eigenvalue weighted by Crippen LogP contribution is -2.54. The Morgan fingerprint density at radius 3 is 2.52 bits per heavy atom. The van der Waals surface area contributed by atoms with E-state index in [0.29, 0.717) is 48.4 Å². The zero-order chi connectivity index (χ0) is 31.9. The Balaban J connectivity index is 0.991. The highest BCUT2D eigenvalue weighted by Gasteiger charge is 2.38. The minimum absolute atomic E-state index is 0.0126. The molecule has 46 heavy (non-hydrogen) atoms. The van der Waals surface area contributed by atoms with Crippen LogP contribution in [0.5, 0.6) is 5.75 Å². The maximum Gasteiger partial charge on any atom is 0.251 e. The van der Waals surface area contributed by atoms with Gasteiger partial charge in [-0.05, 0) is 76.8 Å². The zero-order valence-corrected chi connectivity index (χ0v) is 27.9. The molecule has 1 unspecified atom stereocenters. The Morgan fingerprint density at radius 1 is 1.07 bits per heavy atom. The highest BCUT2D eigenvalue weighted by atomic mass is 16.5. The van der Waals surface area contributed by atoms with Crippen LogP contribution in [0.2, 0.25) is 0 Å². The van der Waals surface area contributed by atoms with Crippen molar-refractivity contribution in [3.8, 4) is 5.75 Å². The number of piperazine rings is 1. The fourth-order valence-corrected chi connectivity index (χ4v) is 7.99. The van der Waals surface area contributed by atoms with Gasteiger partial charge >= 0.3 is 0 Å². The van der Waals surface area contributed by atoms with E-state index < -0.39 is 0 Å². The highest BCUT2D eigenvalue weighted by molar-refractivity contribution is 6.04. The molecule has 1 saturated heterocycles. The van der Waals surface area contributed by atoms with Gasteiger partial charge < -0.3 is 30.1 Å². The second kappa shape index (κ2) is 13.0. The number of benzene rings is 1. The van der Waals surface area contributed by atoms with E-state index >= 15 is 0 Å². The fourth-order valence-electron chi connectivity index (χ4n) is 7.99. The monoisotopic (exact) mass is 630 g/mol. The molecule has 11 heteroatoms. The molecule has 2 saturated carbocycles. The number of aromatic nitrogens is 2. The van der Waals surface area contributed by atoms with E-state index in [0.717, 1.165) is 48.7 Å². The summed E-state index contributed by atoms with van der Waals surface area (Å²) < 4.78 is 6.06. The summed E-state index contributed by atoms with van der Waals surface area (Å²) >= 11 is 0. The van der Waals surface area contributed by atoms with E-state index in [-0.39, 0.29) is 29.9 Å². The van der Waals surface area contributed by atoms with Crippen molar-refractivity contribution in [2.24, 2.45) is 5.92 Å². The summed E-state index contributed by atoms with van der Waals surface area (Å²) in [6.45, 7) is 12.8. The van der Waals surface area contributed by atoms with Crippen LogP contribution in [0.25, 0.3) is 0 Å². The Morgan fingerprint density at radius 2 is 1.83 bits per heavy atom. The molecule has 0 radical (unpaired) electrons. The molecule has 248 valence electrons. The van der Waals surface area contributed by atoms with Crippen LogP contribution in [-0.2, 0) is 11.2 Å². The number of hydrogen-bond acceptors (Lipinski definition) is 9. The van der Waals surface area contributed by atoms with Crippen molar-refractivity contribution in [2.45, 2.75) is 96.3 Å². The molecule has 1 aromatic heterocycles. The summed E-state index contributed by atoms with van der Waals surface area (Å²) in [6, 6.07) is 4.47. The van der Waals surface area contributed by atoms with Gasteiger partial charge in [-0.3, -0.25) is 14.5 Å². The highest BCUT2D eigenvalue weighted by Crippen LogP contribution is 2.40. The Hall–Kier alpha value is -3.44. The van der Waals surface area contributed by atoms with Crippen molar-refractivity contribution in [2.75, 3.05) is 61.5 Å². The second-order valence-corrected chi connectivity index (χ2v) is 14.2. The van der Waals surface area contributed by atoms with Crippen LogP contribution in [-0.4, -0.2) is 102 Å². The Kier molecular flexibility index (Phi) is 8.80. The minimum Gasteiger partial charge on any atom is -0.491 e. The van der Waals surface area contributed by atoms with Gasteiger partial charge in [0.05, 0.1) is 18.5 Å². The van der Waals surface area contributed by atoms with Gasteiger partial charge in [0.1, 0.15) is 17.5 Å². The summed E-state index contributed by atoms with van der Waals surface area (Å²) in [4.78, 5) is 45.1. The third kappa shape index (κ3) is 6.15. The number of likely N-dealkylation sites (N-methyl/N-ethyl adjacent to an activating group) is 1. The van der Waals surface area contributed by atoms with Gasteiger partial charge in [0.15, 0.2) is 5.82 Å². The number of hydrogen-bond donors (Lipinski definition) is 2. The first-order valence-corrected chi connectivity index (χ1v) is 17.6. The van der Waals surface area contributed by atoms with Gasteiger partial charge in [-0.2, -0.15) is 4.98 Å². The van der Waals surface area contributed by atoms with Gasteiger partial charge in [0.2, 0.25) is 11.9 Å². The average Bonchev–Trinajstić information content (AvgIpc) is 3.73. The third-order valence-electron chi connectivity index (χ3n) is 10.8. The molecular formula is C35H50N8O3. The largest absolute Gasteiger partial charge is 0.491 e. The number of fused-ring (bicyclic) bond motifs is 2. The van der Waals surface area contributed by atoms with Crippen LogP contribution in [0.1, 0.15) is 81.6 Å². The number of nitrogens with one attached hydrogen (secondary N) is 2. The maximum atomic E-state index is 13.6. The molecule has 2 amide bonds. The van der Waals surface area contributed by atoms with Gasteiger partial charge in [-0.1, -0.05) is 6.92 Å². The predicted molar refractivity (Wildman–Crippen MR) is 180 cm³/mol. The number of carbonyl (C=O) groups is 2. The molecule has 0 bridgehead atoms. The molecule has 4 heterocycles. The van der Waals surface area contributed by atoms with E-state index in [2.05, 4.69) is 44.2 Å². The van der Waals surface area contributed by atoms with Crippen LogP contribution >= 0.6 is 0 Å². The first kappa shape index (κ1) is 31.2. The molecule has 11 nitrogen and oxygen atoms in total. The average molecular weight is 631 g/mol. The SMILES string of the molecule is CCC1C(=O)N(C)c2cnc(Nc3ccc(C(=O)NC4CCC(N5CCN(CC6CC6)CC5)CC4)c4c3OCC4)nc2N1C(C)C. The molecule has 2 aliphatic carbocycles. The van der Waals surface area contributed by atoms with Crippen molar-refractivity contribution in [1.82, 2.24) is 25.1 Å². The topological polar surface area (TPSA) is 106 Å². The molecule has 7 rings (SSSR count). The molecule has 1 aromatic carbocycles. The molecular weight excluding hydrogens is 580 g/mol. The van der Waals surface area contributed by atoms with Crippen LogP contribution in [0.3, 0.4) is 0 Å². The van der Waals surface area contributed by atoms with Crippen molar-refractivity contribution in [1.29, 1.82) is 0 Å². The van der Waals surface area contributed by atoms with E-state index in [1.807, 2.05) is 19.1 Å². The number of nitrogens with zero attached hydrogens (tertiary/aromatic N) is 6. The van der Waals surface area contributed by atoms with Crippen molar-refractivity contribution >= 4 is 35.0 Å². The Labute approximate surface area is 273 Å². The van der Waals surface area contributed by atoms with Crippen LogP contribution in [0.4, 0.5) is 23.1 Å². The number of rotatable bonds is 9. The van der Waals surface area contributed by atoms with Crippen molar-refractivity contribution in [3.63, 3.8) is 0 Å². The zero-order valence-electron chi connectivity index (χ0n) is 27.9. The number of carbonyl (C=O) groups excluding carboxylic acids is 2.